The van der Waals surface area contributed by atoms with Crippen molar-refractivity contribution in [2.75, 3.05) is 26.2 Å². The quantitative estimate of drug-likeness (QED) is 0.492. The summed E-state index contributed by atoms with van der Waals surface area (Å²) in [7, 11) is 0. The van der Waals surface area contributed by atoms with Crippen LogP contribution in [0.4, 0.5) is 0 Å². The zero-order chi connectivity index (χ0) is 28.6. The van der Waals surface area contributed by atoms with Gasteiger partial charge in [-0.15, -0.1) is 11.8 Å². The number of hydrogen-bond donors (Lipinski definition) is 1. The maximum absolute atomic E-state index is 14.6. The van der Waals surface area contributed by atoms with Crippen molar-refractivity contribution in [3.05, 3.63) is 96.1 Å². The van der Waals surface area contributed by atoms with Gasteiger partial charge in [-0.1, -0.05) is 91.9 Å². The number of amides is 3. The summed E-state index contributed by atoms with van der Waals surface area (Å²) >= 11 is 1.59. The molecule has 8 heteroatoms. The minimum absolute atomic E-state index is 0.0139. The predicted molar refractivity (Wildman–Crippen MR) is 160 cm³/mol. The SMILES string of the molecule is CCCN1CC=C[C@H]2S[C@]34C=CCN(Cc5ccccc5)C(=O)C3N([C@@H](CO)Cc3ccccc3)C(=O)[C@@H]4[C@H]2C1=O. The maximum atomic E-state index is 14.6. The van der Waals surface area contributed by atoms with Crippen molar-refractivity contribution in [3.8, 4) is 0 Å². The molecular formula is C33H37N3O4S. The van der Waals surface area contributed by atoms with Gasteiger partial charge in [-0.25, -0.2) is 0 Å². The average Bonchev–Trinajstić information content (AvgIpc) is 3.32. The third-order valence-electron chi connectivity index (χ3n) is 8.89. The van der Waals surface area contributed by atoms with Gasteiger partial charge in [0.1, 0.15) is 6.04 Å². The van der Waals surface area contributed by atoms with Crippen molar-refractivity contribution >= 4 is 29.5 Å². The molecule has 0 aliphatic carbocycles. The van der Waals surface area contributed by atoms with Crippen LogP contribution in [0.1, 0.15) is 24.5 Å². The van der Waals surface area contributed by atoms with Crippen LogP contribution in [-0.4, -0.2) is 85.8 Å². The average molecular weight is 572 g/mol. The topological polar surface area (TPSA) is 81.2 Å². The van der Waals surface area contributed by atoms with Crippen LogP contribution in [0.3, 0.4) is 0 Å². The van der Waals surface area contributed by atoms with Crippen molar-refractivity contribution in [1.82, 2.24) is 14.7 Å². The van der Waals surface area contributed by atoms with E-state index in [0.29, 0.717) is 32.6 Å². The van der Waals surface area contributed by atoms with Crippen LogP contribution in [0, 0.1) is 11.8 Å². The monoisotopic (exact) mass is 571 g/mol. The lowest BCUT2D eigenvalue weighted by Crippen LogP contribution is -2.56. The minimum atomic E-state index is -0.895. The standard InChI is InChI=1S/C33H37N3O4S/c1-2-17-34-18-9-15-26-27(30(34)38)28-31(39)36(25(22-37)20-23-11-5-3-6-12-23)29-32(40)35(19-10-16-33(28,29)41-26)21-24-13-7-4-8-14-24/h3-16,25-29,37H,2,17-22H2,1H3/t25-,26-,27+,28+,29?,33+/m1/s1. The third kappa shape index (κ3) is 4.81. The first-order valence-corrected chi connectivity index (χ1v) is 15.5. The van der Waals surface area contributed by atoms with Gasteiger partial charge in [0.15, 0.2) is 0 Å². The largest absolute Gasteiger partial charge is 0.394 e. The van der Waals surface area contributed by atoms with Crippen LogP contribution in [0.2, 0.25) is 0 Å². The molecule has 4 heterocycles. The molecule has 1 spiro atoms. The van der Waals surface area contributed by atoms with E-state index >= 15 is 0 Å². The Balaban J connectivity index is 1.43. The number of carbonyl (C=O) groups excluding carboxylic acids is 3. The van der Waals surface area contributed by atoms with Gasteiger partial charge in [-0.05, 0) is 24.0 Å². The summed E-state index contributed by atoms with van der Waals surface area (Å²) in [5, 5.41) is 10.5. The van der Waals surface area contributed by atoms with Gasteiger partial charge in [0.2, 0.25) is 17.7 Å². The molecule has 6 atom stereocenters. The molecule has 4 aliphatic rings. The highest BCUT2D eigenvalue weighted by Gasteiger charge is 2.71. The molecule has 214 valence electrons. The number of thioether (sulfide) groups is 1. The van der Waals surface area contributed by atoms with Crippen molar-refractivity contribution in [2.24, 2.45) is 11.8 Å². The summed E-state index contributed by atoms with van der Waals surface area (Å²) in [5.74, 6) is -1.59. The summed E-state index contributed by atoms with van der Waals surface area (Å²) in [6.45, 7) is 3.78. The summed E-state index contributed by atoms with van der Waals surface area (Å²) in [5.41, 5.74) is 1.99. The molecule has 2 aromatic rings. The Labute approximate surface area is 245 Å². The Morgan fingerprint density at radius 1 is 0.902 bits per heavy atom. The molecule has 6 rings (SSSR count). The normalized spacial score (nSPS) is 29.7. The molecular weight excluding hydrogens is 534 g/mol. The van der Waals surface area contributed by atoms with Crippen LogP contribution < -0.4 is 0 Å². The first-order valence-electron chi connectivity index (χ1n) is 14.6. The molecule has 41 heavy (non-hydrogen) atoms. The summed E-state index contributed by atoms with van der Waals surface area (Å²) < 4.78 is -0.895. The van der Waals surface area contributed by atoms with Gasteiger partial charge < -0.3 is 19.8 Å². The number of benzene rings is 2. The highest BCUT2D eigenvalue weighted by molar-refractivity contribution is 8.02. The van der Waals surface area contributed by atoms with E-state index < -0.39 is 28.7 Å². The summed E-state index contributed by atoms with van der Waals surface area (Å²) in [6.07, 6.45) is 9.42. The fourth-order valence-corrected chi connectivity index (χ4v) is 9.12. The molecule has 3 amide bonds. The Morgan fingerprint density at radius 3 is 2.27 bits per heavy atom. The number of rotatable bonds is 8. The van der Waals surface area contributed by atoms with E-state index in [1.54, 1.807) is 21.6 Å². The van der Waals surface area contributed by atoms with Gasteiger partial charge >= 0.3 is 0 Å². The molecule has 0 saturated carbocycles. The molecule has 1 unspecified atom stereocenters. The fraction of sp³-hybridized carbons (Fsp3) is 0.424. The number of likely N-dealkylation sites (tertiary alicyclic amines) is 1. The van der Waals surface area contributed by atoms with Crippen LogP contribution in [0.25, 0.3) is 0 Å². The van der Waals surface area contributed by atoms with E-state index in [1.807, 2.05) is 90.7 Å². The van der Waals surface area contributed by atoms with Crippen molar-refractivity contribution in [2.45, 2.75) is 48.4 Å². The molecule has 2 saturated heterocycles. The second kappa shape index (κ2) is 11.5. The van der Waals surface area contributed by atoms with Gasteiger partial charge in [0.25, 0.3) is 0 Å². The smallest absolute Gasteiger partial charge is 0.247 e. The molecule has 0 radical (unpaired) electrons. The van der Waals surface area contributed by atoms with E-state index in [0.717, 1.165) is 17.5 Å². The molecule has 0 aromatic heterocycles. The Bertz CT molecular complexity index is 1350. The third-order valence-corrected chi connectivity index (χ3v) is 10.6. The molecule has 4 aliphatic heterocycles. The second-order valence-electron chi connectivity index (χ2n) is 11.4. The van der Waals surface area contributed by atoms with E-state index in [9.17, 15) is 19.5 Å². The highest BCUT2D eigenvalue weighted by atomic mass is 32.2. The van der Waals surface area contributed by atoms with Gasteiger partial charge in [0.05, 0.1) is 29.2 Å². The first kappa shape index (κ1) is 27.8. The van der Waals surface area contributed by atoms with Crippen molar-refractivity contribution in [1.29, 1.82) is 0 Å². The van der Waals surface area contributed by atoms with Gasteiger partial charge in [-0.3, -0.25) is 14.4 Å². The molecule has 0 bridgehead atoms. The van der Waals surface area contributed by atoms with Crippen LogP contribution in [0.5, 0.6) is 0 Å². The van der Waals surface area contributed by atoms with Crippen LogP contribution in [-0.2, 0) is 27.3 Å². The number of carbonyl (C=O) groups is 3. The van der Waals surface area contributed by atoms with E-state index in [-0.39, 0.29) is 29.6 Å². The summed E-state index contributed by atoms with van der Waals surface area (Å²) in [4.78, 5) is 48.6. The zero-order valence-electron chi connectivity index (χ0n) is 23.3. The molecule has 7 nitrogen and oxygen atoms in total. The predicted octanol–water partition coefficient (Wildman–Crippen LogP) is 3.29. The van der Waals surface area contributed by atoms with Gasteiger partial charge in [0, 0.05) is 31.4 Å². The van der Waals surface area contributed by atoms with Crippen LogP contribution in [0.15, 0.2) is 85.0 Å². The highest BCUT2D eigenvalue weighted by Crippen LogP contribution is 2.61. The summed E-state index contributed by atoms with van der Waals surface area (Å²) in [6, 6.07) is 18.2. The van der Waals surface area contributed by atoms with Gasteiger partial charge in [-0.2, -0.15) is 0 Å². The van der Waals surface area contributed by atoms with Crippen molar-refractivity contribution < 1.29 is 19.5 Å². The number of hydrogen-bond acceptors (Lipinski definition) is 5. The number of aliphatic hydroxyl groups excluding tert-OH is 1. The second-order valence-corrected chi connectivity index (χ2v) is 12.9. The lowest BCUT2D eigenvalue weighted by atomic mass is 9.78. The van der Waals surface area contributed by atoms with E-state index in [2.05, 4.69) is 6.08 Å². The zero-order valence-corrected chi connectivity index (χ0v) is 24.2. The lowest BCUT2D eigenvalue weighted by molar-refractivity contribution is -0.147. The number of nitrogens with zero attached hydrogens (tertiary/aromatic N) is 3. The Hall–Kier alpha value is -3.36. The Kier molecular flexibility index (Phi) is 7.79. The molecule has 2 fully saturated rings. The van der Waals surface area contributed by atoms with E-state index in [4.69, 9.17) is 0 Å². The van der Waals surface area contributed by atoms with Crippen LogP contribution >= 0.6 is 11.8 Å². The lowest BCUT2D eigenvalue weighted by Gasteiger charge is -2.38. The van der Waals surface area contributed by atoms with Crippen molar-refractivity contribution in [3.63, 3.8) is 0 Å². The minimum Gasteiger partial charge on any atom is -0.394 e. The molecule has 2 aromatic carbocycles. The maximum Gasteiger partial charge on any atom is 0.247 e. The number of aliphatic hydroxyl groups is 1. The first-order chi connectivity index (χ1) is 20.0. The Morgan fingerprint density at radius 2 is 1.59 bits per heavy atom. The molecule has 1 N–H and O–H groups in total. The fourth-order valence-electron chi connectivity index (χ4n) is 7.12. The number of fused-ring (bicyclic) bond motifs is 2. The van der Waals surface area contributed by atoms with E-state index in [1.165, 1.54) is 0 Å².